The Hall–Kier alpha value is -2.82. The summed E-state index contributed by atoms with van der Waals surface area (Å²) in [5.41, 5.74) is 2.56. The van der Waals surface area contributed by atoms with E-state index in [9.17, 15) is 10.1 Å². The minimum absolute atomic E-state index is 0.427. The topological polar surface area (TPSA) is 67.2 Å². The Bertz CT molecular complexity index is 608. The van der Waals surface area contributed by atoms with Gasteiger partial charge in [0.05, 0.1) is 4.92 Å². The Labute approximate surface area is 148 Å². The van der Waals surface area contributed by atoms with Crippen molar-refractivity contribution in [2.24, 2.45) is 0 Å². The molecule has 2 aromatic rings. The fourth-order valence-corrected chi connectivity index (χ4v) is 2.58. The smallest absolute Gasteiger partial charge is 0.274 e. The molecule has 0 aliphatic heterocycles. The molecule has 132 valence electrons. The third kappa shape index (κ3) is 8.01. The summed E-state index contributed by atoms with van der Waals surface area (Å²) in [7, 11) is 0. The number of nitrogens with zero attached hydrogens (tertiary/aromatic N) is 1. The lowest BCUT2D eigenvalue weighted by atomic mass is 10.1. The van der Waals surface area contributed by atoms with Crippen LogP contribution in [-0.2, 0) is 12.8 Å². The molecule has 2 aromatic carbocycles. The van der Waals surface area contributed by atoms with Crippen LogP contribution in [-0.4, -0.2) is 18.0 Å². The Morgan fingerprint density at radius 1 is 0.840 bits per heavy atom. The first-order valence-electron chi connectivity index (χ1n) is 8.65. The van der Waals surface area contributed by atoms with Gasteiger partial charge >= 0.3 is 0 Å². The van der Waals surface area contributed by atoms with Crippen LogP contribution in [0.3, 0.4) is 0 Å². The van der Waals surface area contributed by atoms with Gasteiger partial charge in [-0.2, -0.15) is 0 Å². The third-order valence-electron chi connectivity index (χ3n) is 3.84. The lowest BCUT2D eigenvalue weighted by Gasteiger charge is -2.11. The lowest BCUT2D eigenvalue weighted by Crippen LogP contribution is -2.29. The molecule has 0 bridgehead atoms. The minimum atomic E-state index is -0.427. The largest absolute Gasteiger partial charge is 0.367 e. The maximum absolute atomic E-state index is 10.8. The molecule has 0 heterocycles. The van der Waals surface area contributed by atoms with Crippen LogP contribution in [0.5, 0.6) is 0 Å². The third-order valence-corrected chi connectivity index (χ3v) is 3.84. The van der Waals surface area contributed by atoms with Crippen molar-refractivity contribution in [2.75, 3.05) is 13.1 Å². The van der Waals surface area contributed by atoms with Crippen molar-refractivity contribution in [3.05, 3.63) is 93.9 Å². The van der Waals surface area contributed by atoms with Crippen LogP contribution in [0.2, 0.25) is 0 Å². The van der Waals surface area contributed by atoms with E-state index in [1.807, 2.05) is 36.4 Å². The van der Waals surface area contributed by atoms with Crippen molar-refractivity contribution in [2.45, 2.75) is 25.7 Å². The summed E-state index contributed by atoms with van der Waals surface area (Å²) >= 11 is 0. The molecular formula is C20H25N3O2. The minimum Gasteiger partial charge on any atom is -0.367 e. The van der Waals surface area contributed by atoms with Gasteiger partial charge in [0.1, 0.15) is 0 Å². The Balaban J connectivity index is 1.68. The zero-order valence-corrected chi connectivity index (χ0v) is 14.4. The highest BCUT2D eigenvalue weighted by molar-refractivity contribution is 5.15. The van der Waals surface area contributed by atoms with Gasteiger partial charge in [-0.25, -0.2) is 0 Å². The number of hydrogen-bond acceptors (Lipinski definition) is 4. The molecule has 2 N–H and O–H groups in total. The van der Waals surface area contributed by atoms with E-state index in [1.54, 1.807) is 0 Å². The fraction of sp³-hybridized carbons (Fsp3) is 0.300. The van der Waals surface area contributed by atoms with Crippen molar-refractivity contribution in [3.63, 3.8) is 0 Å². The molecule has 5 heteroatoms. The van der Waals surface area contributed by atoms with Crippen LogP contribution in [0.25, 0.3) is 0 Å². The van der Waals surface area contributed by atoms with Crippen molar-refractivity contribution in [1.82, 2.24) is 10.6 Å². The molecule has 0 radical (unpaired) electrons. The number of hydrogen-bond donors (Lipinski definition) is 2. The molecule has 25 heavy (non-hydrogen) atoms. The first-order chi connectivity index (χ1) is 12.2. The molecule has 2 rings (SSSR count). The van der Waals surface area contributed by atoms with Crippen LogP contribution in [0, 0.1) is 10.1 Å². The average Bonchev–Trinajstić information content (AvgIpc) is 2.63. The highest BCUT2D eigenvalue weighted by Crippen LogP contribution is 2.03. The molecule has 0 amide bonds. The fourth-order valence-electron chi connectivity index (χ4n) is 2.58. The quantitative estimate of drug-likeness (QED) is 0.373. The number of aryl methyl sites for hydroxylation is 2. The average molecular weight is 339 g/mol. The lowest BCUT2D eigenvalue weighted by molar-refractivity contribution is -0.404. The summed E-state index contributed by atoms with van der Waals surface area (Å²) in [6.07, 6.45) is 4.75. The summed E-state index contributed by atoms with van der Waals surface area (Å²) in [5, 5.41) is 17.0. The summed E-state index contributed by atoms with van der Waals surface area (Å²) in [6, 6.07) is 20.5. The summed E-state index contributed by atoms with van der Waals surface area (Å²) in [4.78, 5) is 10.3. The van der Waals surface area contributed by atoms with Crippen molar-refractivity contribution < 1.29 is 4.92 Å². The highest BCUT2D eigenvalue weighted by Gasteiger charge is 2.02. The van der Waals surface area contributed by atoms with Gasteiger partial charge in [0.2, 0.25) is 0 Å². The maximum atomic E-state index is 10.8. The van der Waals surface area contributed by atoms with E-state index in [4.69, 9.17) is 0 Å². The van der Waals surface area contributed by atoms with Gasteiger partial charge in [0.15, 0.2) is 5.82 Å². The van der Waals surface area contributed by atoms with Crippen LogP contribution in [0.4, 0.5) is 0 Å². The Morgan fingerprint density at radius 2 is 1.28 bits per heavy atom. The second-order valence-electron chi connectivity index (χ2n) is 5.86. The number of rotatable bonds is 11. The molecule has 5 nitrogen and oxygen atoms in total. The SMILES string of the molecule is O=[N+]([O-])C=C(NCCCc1ccccc1)NCCCc1ccccc1. The second-order valence-corrected chi connectivity index (χ2v) is 5.86. The zero-order chi connectivity index (χ0) is 17.7. The van der Waals surface area contributed by atoms with E-state index < -0.39 is 4.92 Å². The van der Waals surface area contributed by atoms with E-state index in [0.717, 1.165) is 31.9 Å². The molecule has 0 saturated carbocycles. The van der Waals surface area contributed by atoms with Crippen LogP contribution < -0.4 is 10.6 Å². The highest BCUT2D eigenvalue weighted by atomic mass is 16.6. The zero-order valence-electron chi connectivity index (χ0n) is 14.4. The molecule has 0 spiro atoms. The van der Waals surface area contributed by atoms with Crippen molar-refractivity contribution in [3.8, 4) is 0 Å². The molecule has 0 saturated heterocycles. The molecule has 0 aliphatic carbocycles. The van der Waals surface area contributed by atoms with E-state index in [-0.39, 0.29) is 0 Å². The van der Waals surface area contributed by atoms with E-state index in [0.29, 0.717) is 18.9 Å². The summed E-state index contributed by atoms with van der Waals surface area (Å²) < 4.78 is 0. The summed E-state index contributed by atoms with van der Waals surface area (Å²) in [5.74, 6) is 0.478. The predicted octanol–water partition coefficient (Wildman–Crippen LogP) is 3.51. The first kappa shape index (κ1) is 18.5. The van der Waals surface area contributed by atoms with Gasteiger partial charge in [-0.1, -0.05) is 60.7 Å². The molecule has 0 aromatic heterocycles. The molecular weight excluding hydrogens is 314 g/mol. The number of nitro groups is 1. The molecule has 0 atom stereocenters. The van der Waals surface area contributed by atoms with Gasteiger partial charge in [-0.05, 0) is 36.8 Å². The van der Waals surface area contributed by atoms with Gasteiger partial charge in [-0.15, -0.1) is 0 Å². The van der Waals surface area contributed by atoms with Crippen LogP contribution in [0.15, 0.2) is 72.7 Å². The second kappa shape index (κ2) is 10.9. The molecule has 0 unspecified atom stereocenters. The molecule has 0 aliphatic rings. The number of nitrogens with one attached hydrogen (secondary N) is 2. The summed E-state index contributed by atoms with van der Waals surface area (Å²) in [6.45, 7) is 1.39. The Morgan fingerprint density at radius 3 is 1.68 bits per heavy atom. The van der Waals surface area contributed by atoms with Crippen molar-refractivity contribution in [1.29, 1.82) is 0 Å². The number of benzene rings is 2. The van der Waals surface area contributed by atoms with Gasteiger partial charge in [0, 0.05) is 13.1 Å². The van der Waals surface area contributed by atoms with Gasteiger partial charge < -0.3 is 10.6 Å². The van der Waals surface area contributed by atoms with Gasteiger partial charge in [-0.3, -0.25) is 10.1 Å². The predicted molar refractivity (Wildman–Crippen MR) is 101 cm³/mol. The normalized spacial score (nSPS) is 10.1. The monoisotopic (exact) mass is 339 g/mol. The first-order valence-corrected chi connectivity index (χ1v) is 8.65. The maximum Gasteiger partial charge on any atom is 0.274 e. The van der Waals surface area contributed by atoms with Crippen LogP contribution in [0.1, 0.15) is 24.0 Å². The Kier molecular flexibility index (Phi) is 8.05. The van der Waals surface area contributed by atoms with Crippen molar-refractivity contribution >= 4 is 0 Å². The standard InChI is InChI=1S/C20H25N3O2/c24-23(25)17-20(21-15-7-13-18-9-3-1-4-10-18)22-16-8-14-19-11-5-2-6-12-19/h1-6,9-12,17,21-22H,7-8,13-16H2. The molecule has 0 fully saturated rings. The van der Waals surface area contributed by atoms with E-state index in [1.165, 1.54) is 11.1 Å². The van der Waals surface area contributed by atoms with Gasteiger partial charge in [0.25, 0.3) is 6.20 Å². The van der Waals surface area contributed by atoms with E-state index >= 15 is 0 Å². The van der Waals surface area contributed by atoms with Crippen LogP contribution >= 0.6 is 0 Å². The van der Waals surface area contributed by atoms with E-state index in [2.05, 4.69) is 34.9 Å².